The van der Waals surface area contributed by atoms with Crippen molar-refractivity contribution >= 4 is 11.4 Å². The van der Waals surface area contributed by atoms with E-state index in [1.54, 1.807) is 12.1 Å². The number of benzene rings is 1. The number of nitro benzene ring substituents is 1. The van der Waals surface area contributed by atoms with E-state index < -0.39 is 4.92 Å². The number of nitrogens with zero attached hydrogens (tertiary/aromatic N) is 1. The fourth-order valence-corrected chi connectivity index (χ4v) is 2.67. The molecule has 5 nitrogen and oxygen atoms in total. The molecule has 0 amide bonds. The first kappa shape index (κ1) is 13.8. The maximum Gasteiger partial charge on any atom is 0.269 e. The molecule has 104 valence electrons. The number of ether oxygens (including phenoxy) is 1. The van der Waals surface area contributed by atoms with E-state index in [0.717, 1.165) is 12.1 Å². The minimum atomic E-state index is -0.393. The van der Waals surface area contributed by atoms with Crippen LogP contribution in [0.2, 0.25) is 0 Å². The summed E-state index contributed by atoms with van der Waals surface area (Å²) < 4.78 is 6.01. The van der Waals surface area contributed by atoms with E-state index in [1.165, 1.54) is 12.1 Å². The maximum atomic E-state index is 10.6. The van der Waals surface area contributed by atoms with Crippen molar-refractivity contribution < 1.29 is 9.66 Å². The van der Waals surface area contributed by atoms with Gasteiger partial charge in [-0.15, -0.1) is 0 Å². The summed E-state index contributed by atoms with van der Waals surface area (Å²) in [4.78, 5) is 10.2. The second-order valence-electron chi connectivity index (χ2n) is 6.17. The first-order chi connectivity index (χ1) is 8.70. The standard InChI is InChI=1S/C14H20N2O3/c1-13(2)9-12(14(3,4)19-13)15-10-5-7-11(8-6-10)16(17)18/h5-8,12,15H,9H2,1-4H3. The summed E-state index contributed by atoms with van der Waals surface area (Å²) >= 11 is 0. The molecule has 5 heteroatoms. The molecule has 0 bridgehead atoms. The molecule has 1 fully saturated rings. The van der Waals surface area contributed by atoms with Gasteiger partial charge in [-0.3, -0.25) is 10.1 Å². The summed E-state index contributed by atoms with van der Waals surface area (Å²) in [7, 11) is 0. The molecule has 1 atom stereocenters. The van der Waals surface area contributed by atoms with Crippen molar-refractivity contribution in [3.63, 3.8) is 0 Å². The molecule has 1 saturated heterocycles. The molecular formula is C14H20N2O3. The van der Waals surface area contributed by atoms with Crippen LogP contribution in [-0.2, 0) is 4.74 Å². The average molecular weight is 264 g/mol. The third-order valence-corrected chi connectivity index (χ3v) is 3.49. The first-order valence-electron chi connectivity index (χ1n) is 6.41. The summed E-state index contributed by atoms with van der Waals surface area (Å²) in [5.41, 5.74) is 0.575. The molecule has 2 rings (SSSR count). The highest BCUT2D eigenvalue weighted by atomic mass is 16.6. The van der Waals surface area contributed by atoms with Gasteiger partial charge >= 0.3 is 0 Å². The van der Waals surface area contributed by atoms with Crippen molar-refractivity contribution in [1.82, 2.24) is 0 Å². The summed E-state index contributed by atoms with van der Waals surface area (Å²) in [6.45, 7) is 8.27. The lowest BCUT2D eigenvalue weighted by Gasteiger charge is -2.28. The summed E-state index contributed by atoms with van der Waals surface area (Å²) in [6, 6.07) is 6.68. The van der Waals surface area contributed by atoms with Gasteiger partial charge in [-0.25, -0.2) is 0 Å². The van der Waals surface area contributed by atoms with Crippen molar-refractivity contribution in [1.29, 1.82) is 0 Å². The molecule has 0 saturated carbocycles. The van der Waals surface area contributed by atoms with Gasteiger partial charge in [-0.2, -0.15) is 0 Å². The molecule has 1 aromatic rings. The van der Waals surface area contributed by atoms with Crippen LogP contribution in [0, 0.1) is 10.1 Å². The number of hydrogen-bond donors (Lipinski definition) is 1. The van der Waals surface area contributed by atoms with Crippen LogP contribution < -0.4 is 5.32 Å². The first-order valence-corrected chi connectivity index (χ1v) is 6.41. The smallest absolute Gasteiger partial charge is 0.269 e. The van der Waals surface area contributed by atoms with Crippen molar-refractivity contribution in [2.24, 2.45) is 0 Å². The van der Waals surface area contributed by atoms with Gasteiger partial charge < -0.3 is 10.1 Å². The maximum absolute atomic E-state index is 10.6. The van der Waals surface area contributed by atoms with E-state index in [-0.39, 0.29) is 22.9 Å². The van der Waals surface area contributed by atoms with Crippen molar-refractivity contribution in [3.05, 3.63) is 34.4 Å². The van der Waals surface area contributed by atoms with Crippen LogP contribution in [0.5, 0.6) is 0 Å². The zero-order valence-corrected chi connectivity index (χ0v) is 11.8. The Morgan fingerprint density at radius 1 is 1.26 bits per heavy atom. The van der Waals surface area contributed by atoms with Gasteiger partial charge in [0, 0.05) is 17.8 Å². The van der Waals surface area contributed by atoms with Gasteiger partial charge in [0.15, 0.2) is 0 Å². The largest absolute Gasteiger partial charge is 0.379 e. The van der Waals surface area contributed by atoms with E-state index in [9.17, 15) is 10.1 Å². The molecular weight excluding hydrogens is 244 g/mol. The predicted molar refractivity (Wildman–Crippen MR) is 74.4 cm³/mol. The Morgan fingerprint density at radius 2 is 1.84 bits per heavy atom. The summed E-state index contributed by atoms with van der Waals surface area (Å²) in [6.07, 6.45) is 0.900. The zero-order chi connectivity index (χ0) is 14.3. The minimum absolute atomic E-state index is 0.104. The molecule has 1 unspecified atom stereocenters. The van der Waals surface area contributed by atoms with E-state index in [4.69, 9.17) is 4.74 Å². The Labute approximate surface area is 113 Å². The van der Waals surface area contributed by atoms with Gasteiger partial charge in [0.2, 0.25) is 0 Å². The third-order valence-electron chi connectivity index (χ3n) is 3.49. The number of hydrogen-bond acceptors (Lipinski definition) is 4. The molecule has 1 aliphatic heterocycles. The Kier molecular flexibility index (Phi) is 3.26. The lowest BCUT2D eigenvalue weighted by molar-refractivity contribution is -0.384. The quantitative estimate of drug-likeness (QED) is 0.671. The van der Waals surface area contributed by atoms with Crippen LogP contribution in [0.15, 0.2) is 24.3 Å². The van der Waals surface area contributed by atoms with E-state index in [0.29, 0.717) is 0 Å². The van der Waals surface area contributed by atoms with Crippen LogP contribution >= 0.6 is 0 Å². The normalized spacial score (nSPS) is 24.1. The summed E-state index contributed by atoms with van der Waals surface area (Å²) in [5.74, 6) is 0. The molecule has 1 aliphatic rings. The molecule has 19 heavy (non-hydrogen) atoms. The number of nitrogens with one attached hydrogen (secondary N) is 1. The lowest BCUT2D eigenvalue weighted by atomic mass is 9.94. The van der Waals surface area contributed by atoms with Gasteiger partial charge in [-0.1, -0.05) is 0 Å². The Hall–Kier alpha value is -1.62. The fraction of sp³-hybridized carbons (Fsp3) is 0.571. The van der Waals surface area contributed by atoms with Crippen LogP contribution in [0.1, 0.15) is 34.1 Å². The third kappa shape index (κ3) is 3.04. The average Bonchev–Trinajstić information content (AvgIpc) is 2.47. The molecule has 0 radical (unpaired) electrons. The summed E-state index contributed by atoms with van der Waals surface area (Å²) in [5, 5.41) is 14.0. The highest BCUT2D eigenvalue weighted by molar-refractivity contribution is 5.49. The van der Waals surface area contributed by atoms with Crippen molar-refractivity contribution in [3.8, 4) is 0 Å². The number of non-ortho nitro benzene ring substituents is 1. The molecule has 1 heterocycles. The van der Waals surface area contributed by atoms with Crippen molar-refractivity contribution in [2.45, 2.75) is 51.4 Å². The topological polar surface area (TPSA) is 64.4 Å². The van der Waals surface area contributed by atoms with Crippen LogP contribution in [0.25, 0.3) is 0 Å². The van der Waals surface area contributed by atoms with Gasteiger partial charge in [0.1, 0.15) is 0 Å². The van der Waals surface area contributed by atoms with Gasteiger partial charge in [0.05, 0.1) is 22.2 Å². The second-order valence-corrected chi connectivity index (χ2v) is 6.17. The molecule has 0 aliphatic carbocycles. The SMILES string of the molecule is CC1(C)CC(Nc2ccc([N+](=O)[O-])cc2)C(C)(C)O1. The van der Waals surface area contributed by atoms with Gasteiger partial charge in [0.25, 0.3) is 5.69 Å². The number of nitro groups is 1. The van der Waals surface area contributed by atoms with E-state index in [2.05, 4.69) is 33.0 Å². The monoisotopic (exact) mass is 264 g/mol. The number of rotatable bonds is 3. The van der Waals surface area contributed by atoms with Gasteiger partial charge in [-0.05, 0) is 46.2 Å². The predicted octanol–water partition coefficient (Wildman–Crippen LogP) is 3.35. The Balaban J connectivity index is 2.11. The Morgan fingerprint density at radius 3 is 2.26 bits per heavy atom. The number of anilines is 1. The second kappa shape index (κ2) is 4.49. The van der Waals surface area contributed by atoms with E-state index in [1.807, 2.05) is 0 Å². The minimum Gasteiger partial charge on any atom is -0.379 e. The fourth-order valence-electron chi connectivity index (χ4n) is 2.67. The highest BCUT2D eigenvalue weighted by Gasteiger charge is 2.45. The molecule has 0 spiro atoms. The van der Waals surface area contributed by atoms with Crippen LogP contribution in [0.3, 0.4) is 0 Å². The molecule has 1 aromatic carbocycles. The highest BCUT2D eigenvalue weighted by Crippen LogP contribution is 2.38. The zero-order valence-electron chi connectivity index (χ0n) is 11.8. The van der Waals surface area contributed by atoms with Crippen molar-refractivity contribution in [2.75, 3.05) is 5.32 Å². The molecule has 0 aromatic heterocycles. The Bertz CT molecular complexity index is 480. The van der Waals surface area contributed by atoms with E-state index >= 15 is 0 Å². The lowest BCUT2D eigenvalue weighted by Crippen LogP contribution is -2.38. The van der Waals surface area contributed by atoms with Crippen LogP contribution in [-0.4, -0.2) is 22.2 Å². The molecule has 1 N–H and O–H groups in total. The van der Waals surface area contributed by atoms with Crippen LogP contribution in [0.4, 0.5) is 11.4 Å².